The van der Waals surface area contributed by atoms with Gasteiger partial charge in [0.15, 0.2) is 0 Å². The zero-order chi connectivity index (χ0) is 20.8. The highest BCUT2D eigenvalue weighted by Gasteiger charge is 2.10. The lowest BCUT2D eigenvalue weighted by Crippen LogP contribution is -2.14. The Morgan fingerprint density at radius 3 is 2.33 bits per heavy atom. The van der Waals surface area contributed by atoms with Crippen molar-refractivity contribution in [2.45, 2.75) is 26.6 Å². The second kappa shape index (κ2) is 9.47. The molecular weight excluding hydrogens is 370 g/mol. The Hall–Kier alpha value is -3.30. The summed E-state index contributed by atoms with van der Waals surface area (Å²) in [5.74, 6) is 1.82. The Morgan fingerprint density at radius 2 is 1.50 bits per heavy atom. The molecule has 0 bridgehead atoms. The molecule has 30 heavy (non-hydrogen) atoms. The number of aryl methyl sites for hydroxylation is 1. The third-order valence-electron chi connectivity index (χ3n) is 5.32. The lowest BCUT2D eigenvalue weighted by molar-refractivity contribution is 0.302. The molecule has 0 heterocycles. The lowest BCUT2D eigenvalue weighted by atomic mass is 10.0. The Morgan fingerprint density at radius 1 is 0.733 bits per heavy atom. The third-order valence-corrected chi connectivity index (χ3v) is 5.32. The van der Waals surface area contributed by atoms with Crippen molar-refractivity contribution in [2.75, 3.05) is 7.11 Å². The van der Waals surface area contributed by atoms with Crippen LogP contribution in [-0.4, -0.2) is 7.11 Å². The lowest BCUT2D eigenvalue weighted by Gasteiger charge is -2.16. The van der Waals surface area contributed by atoms with Gasteiger partial charge < -0.3 is 14.8 Å². The summed E-state index contributed by atoms with van der Waals surface area (Å²) in [4.78, 5) is 0. The summed E-state index contributed by atoms with van der Waals surface area (Å²) in [6.07, 6.45) is 0. The van der Waals surface area contributed by atoms with Gasteiger partial charge in [-0.2, -0.15) is 0 Å². The Labute approximate surface area is 178 Å². The zero-order valence-electron chi connectivity index (χ0n) is 17.5. The number of hydrogen-bond donors (Lipinski definition) is 1. The Balaban J connectivity index is 1.54. The quantitative estimate of drug-likeness (QED) is 0.394. The second-order valence-electron chi connectivity index (χ2n) is 7.45. The molecule has 152 valence electrons. The molecule has 0 saturated heterocycles. The van der Waals surface area contributed by atoms with Gasteiger partial charge in [-0.3, -0.25) is 0 Å². The fourth-order valence-electron chi connectivity index (χ4n) is 3.65. The van der Waals surface area contributed by atoms with Gasteiger partial charge in [0.1, 0.15) is 18.1 Å². The van der Waals surface area contributed by atoms with Crippen LogP contribution in [0.4, 0.5) is 0 Å². The smallest absolute Gasteiger partial charge is 0.124 e. The summed E-state index contributed by atoms with van der Waals surface area (Å²) >= 11 is 0. The van der Waals surface area contributed by atoms with Crippen LogP contribution < -0.4 is 14.8 Å². The number of rotatable bonds is 8. The van der Waals surface area contributed by atoms with Crippen LogP contribution in [0.1, 0.15) is 22.3 Å². The maximum atomic E-state index is 6.25. The minimum atomic E-state index is 0.554. The van der Waals surface area contributed by atoms with Crippen LogP contribution in [-0.2, 0) is 19.7 Å². The molecule has 0 amide bonds. The van der Waals surface area contributed by atoms with Crippen molar-refractivity contribution in [1.29, 1.82) is 0 Å². The van der Waals surface area contributed by atoms with Gasteiger partial charge in [0.2, 0.25) is 0 Å². The number of methoxy groups -OCH3 is 1. The van der Waals surface area contributed by atoms with Crippen molar-refractivity contribution in [3.05, 3.63) is 107 Å². The minimum absolute atomic E-state index is 0.554. The van der Waals surface area contributed by atoms with Gasteiger partial charge >= 0.3 is 0 Å². The number of nitrogens with one attached hydrogen (secondary N) is 1. The fraction of sp³-hybridized carbons (Fsp3) is 0.185. The number of ether oxygens (including phenoxy) is 2. The Bertz CT molecular complexity index is 1120. The van der Waals surface area contributed by atoms with Crippen molar-refractivity contribution in [2.24, 2.45) is 0 Å². The van der Waals surface area contributed by atoms with Crippen molar-refractivity contribution in [1.82, 2.24) is 5.32 Å². The predicted molar refractivity (Wildman–Crippen MR) is 123 cm³/mol. The number of para-hydroxylation sites is 1. The van der Waals surface area contributed by atoms with E-state index in [1.54, 1.807) is 7.11 Å². The number of hydrogen-bond acceptors (Lipinski definition) is 3. The maximum absolute atomic E-state index is 6.25. The van der Waals surface area contributed by atoms with Gasteiger partial charge in [-0.25, -0.2) is 0 Å². The van der Waals surface area contributed by atoms with E-state index in [2.05, 4.69) is 79.0 Å². The standard InChI is InChI=1S/C27H27NO2/c1-20-11-13-21(14-12-20)19-30-27-16-15-22-7-3-5-9-24(22)25(27)18-28-17-23-8-4-6-10-26(23)29-2/h3-16,28H,17-19H2,1-2H3. The summed E-state index contributed by atoms with van der Waals surface area (Å²) < 4.78 is 11.7. The van der Waals surface area contributed by atoms with Crippen molar-refractivity contribution in [3.8, 4) is 11.5 Å². The third kappa shape index (κ3) is 4.64. The van der Waals surface area contributed by atoms with Crippen LogP contribution in [0.2, 0.25) is 0 Å². The summed E-state index contributed by atoms with van der Waals surface area (Å²) in [7, 11) is 1.71. The van der Waals surface area contributed by atoms with Gasteiger partial charge in [0.25, 0.3) is 0 Å². The molecule has 0 aromatic heterocycles. The van der Waals surface area contributed by atoms with E-state index < -0.39 is 0 Å². The van der Waals surface area contributed by atoms with E-state index in [0.717, 1.165) is 23.6 Å². The molecule has 0 aliphatic heterocycles. The van der Waals surface area contributed by atoms with E-state index >= 15 is 0 Å². The monoisotopic (exact) mass is 397 g/mol. The summed E-state index contributed by atoms with van der Waals surface area (Å²) in [6.45, 7) is 4.09. The summed E-state index contributed by atoms with van der Waals surface area (Å²) in [5.41, 5.74) is 4.74. The van der Waals surface area contributed by atoms with Crippen LogP contribution in [0.5, 0.6) is 11.5 Å². The zero-order valence-corrected chi connectivity index (χ0v) is 17.5. The van der Waals surface area contributed by atoms with E-state index in [4.69, 9.17) is 9.47 Å². The first kappa shape index (κ1) is 20.0. The molecule has 0 spiro atoms. The van der Waals surface area contributed by atoms with E-state index in [9.17, 15) is 0 Å². The molecule has 3 heteroatoms. The molecule has 0 unspecified atom stereocenters. The van der Waals surface area contributed by atoms with Gasteiger partial charge in [0, 0.05) is 24.2 Å². The van der Waals surface area contributed by atoms with Crippen molar-refractivity contribution < 1.29 is 9.47 Å². The van der Waals surface area contributed by atoms with E-state index in [1.165, 1.54) is 27.5 Å². The van der Waals surface area contributed by atoms with Crippen molar-refractivity contribution in [3.63, 3.8) is 0 Å². The molecule has 4 aromatic carbocycles. The average Bonchev–Trinajstić information content (AvgIpc) is 2.79. The first-order valence-corrected chi connectivity index (χ1v) is 10.3. The largest absolute Gasteiger partial charge is 0.496 e. The molecule has 3 nitrogen and oxygen atoms in total. The van der Waals surface area contributed by atoms with Crippen LogP contribution in [0.3, 0.4) is 0 Å². The fourth-order valence-corrected chi connectivity index (χ4v) is 3.65. The van der Waals surface area contributed by atoms with Gasteiger partial charge in [-0.15, -0.1) is 0 Å². The summed E-state index contributed by atoms with van der Waals surface area (Å²) in [5, 5.41) is 6.00. The van der Waals surface area contributed by atoms with Crippen LogP contribution in [0.25, 0.3) is 10.8 Å². The molecular formula is C27H27NO2. The average molecular weight is 398 g/mol. The van der Waals surface area contributed by atoms with Crippen LogP contribution >= 0.6 is 0 Å². The van der Waals surface area contributed by atoms with E-state index in [0.29, 0.717) is 13.2 Å². The van der Waals surface area contributed by atoms with Crippen molar-refractivity contribution >= 4 is 10.8 Å². The highest BCUT2D eigenvalue weighted by Crippen LogP contribution is 2.29. The van der Waals surface area contributed by atoms with E-state index in [-0.39, 0.29) is 0 Å². The molecule has 0 atom stereocenters. The van der Waals surface area contributed by atoms with E-state index in [1.807, 2.05) is 18.2 Å². The molecule has 0 aliphatic rings. The highest BCUT2D eigenvalue weighted by molar-refractivity contribution is 5.87. The van der Waals surface area contributed by atoms with Crippen LogP contribution in [0, 0.1) is 6.92 Å². The molecule has 4 aromatic rings. The first-order chi connectivity index (χ1) is 14.7. The predicted octanol–water partition coefficient (Wildman–Crippen LogP) is 6.03. The molecule has 0 saturated carbocycles. The molecule has 0 radical (unpaired) electrons. The normalized spacial score (nSPS) is 10.9. The Kier molecular flexibility index (Phi) is 6.31. The molecule has 1 N–H and O–H groups in total. The van der Waals surface area contributed by atoms with Crippen LogP contribution in [0.15, 0.2) is 84.9 Å². The van der Waals surface area contributed by atoms with Gasteiger partial charge in [0.05, 0.1) is 7.11 Å². The topological polar surface area (TPSA) is 30.5 Å². The molecule has 0 aliphatic carbocycles. The number of benzene rings is 4. The van der Waals surface area contributed by atoms with Gasteiger partial charge in [-0.05, 0) is 35.4 Å². The number of fused-ring (bicyclic) bond motifs is 1. The summed E-state index contributed by atoms with van der Waals surface area (Å²) in [6, 6.07) is 29.2. The highest BCUT2D eigenvalue weighted by atomic mass is 16.5. The molecule has 0 fully saturated rings. The SMILES string of the molecule is COc1ccccc1CNCc1c(OCc2ccc(C)cc2)ccc2ccccc12. The maximum Gasteiger partial charge on any atom is 0.124 e. The van der Waals surface area contributed by atoms with Gasteiger partial charge in [-0.1, -0.05) is 78.4 Å². The minimum Gasteiger partial charge on any atom is -0.496 e. The first-order valence-electron chi connectivity index (χ1n) is 10.3. The molecule has 4 rings (SSSR count). The second-order valence-corrected chi connectivity index (χ2v) is 7.45.